The van der Waals surface area contributed by atoms with E-state index in [9.17, 15) is 0 Å². The molecule has 1 heterocycles. The predicted molar refractivity (Wildman–Crippen MR) is 35.6 cm³/mol. The molecule has 0 aliphatic heterocycles. The van der Waals surface area contributed by atoms with Gasteiger partial charge in [-0.1, -0.05) is 5.16 Å². The minimum Gasteiger partial charge on any atom is -0.388 e. The fourth-order valence-corrected chi connectivity index (χ4v) is 0.602. The van der Waals surface area contributed by atoms with Crippen LogP contribution in [0.3, 0.4) is 0 Å². The van der Waals surface area contributed by atoms with Crippen molar-refractivity contribution in [1.29, 1.82) is 0 Å². The molecular weight excluding hydrogens is 148 g/mol. The maximum Gasteiger partial charge on any atom is 0.252 e. The van der Waals surface area contributed by atoms with Gasteiger partial charge in [-0.05, 0) is 6.92 Å². The van der Waals surface area contributed by atoms with Crippen molar-refractivity contribution in [2.45, 2.75) is 20.1 Å². The van der Waals surface area contributed by atoms with Crippen LogP contribution in [0.4, 0.5) is 0 Å². The molecule has 1 N–H and O–H groups in total. The normalized spacial score (nSPS) is 10.4. The molecule has 0 aliphatic carbocycles. The number of hydrogen-bond acceptors (Lipinski definition) is 5. The highest BCUT2D eigenvalue weighted by Crippen LogP contribution is 1.98. The van der Waals surface area contributed by atoms with E-state index in [1.807, 2.05) is 6.92 Å². The topological polar surface area (TPSA) is 68.4 Å². The van der Waals surface area contributed by atoms with Crippen LogP contribution < -0.4 is 0 Å². The Morgan fingerprint density at radius 3 is 3.00 bits per heavy atom. The van der Waals surface area contributed by atoms with Gasteiger partial charge in [0.15, 0.2) is 5.82 Å². The Morgan fingerprint density at radius 2 is 2.45 bits per heavy atom. The van der Waals surface area contributed by atoms with E-state index in [2.05, 4.69) is 10.1 Å². The summed E-state index contributed by atoms with van der Waals surface area (Å²) in [5.74, 6) is 0.690. The van der Waals surface area contributed by atoms with E-state index in [1.165, 1.54) is 0 Å². The van der Waals surface area contributed by atoms with Crippen LogP contribution in [-0.4, -0.2) is 21.9 Å². The van der Waals surface area contributed by atoms with Crippen LogP contribution in [0.1, 0.15) is 18.6 Å². The fraction of sp³-hybridized carbons (Fsp3) is 0.667. The van der Waals surface area contributed by atoms with E-state index in [0.717, 1.165) is 0 Å². The molecule has 0 aliphatic rings. The smallest absolute Gasteiger partial charge is 0.252 e. The predicted octanol–water partition coefficient (Wildman–Crippen LogP) is 0.0984. The monoisotopic (exact) mass is 158 g/mol. The molecule has 1 aromatic rings. The lowest BCUT2D eigenvalue weighted by atomic mass is 10.6. The van der Waals surface area contributed by atoms with Gasteiger partial charge in [0.2, 0.25) is 0 Å². The Kier molecular flexibility index (Phi) is 3.00. The molecule has 1 rings (SSSR count). The van der Waals surface area contributed by atoms with Crippen LogP contribution >= 0.6 is 0 Å². The van der Waals surface area contributed by atoms with Gasteiger partial charge in [0.25, 0.3) is 5.89 Å². The first-order valence-corrected chi connectivity index (χ1v) is 3.37. The Hall–Kier alpha value is -0.940. The number of hydrogen-bond donors (Lipinski definition) is 1. The molecule has 0 unspecified atom stereocenters. The summed E-state index contributed by atoms with van der Waals surface area (Å²) >= 11 is 0. The summed E-state index contributed by atoms with van der Waals surface area (Å²) in [5.41, 5.74) is 0. The van der Waals surface area contributed by atoms with E-state index < -0.39 is 0 Å². The molecule has 0 bridgehead atoms. The third-order valence-electron chi connectivity index (χ3n) is 1.08. The summed E-state index contributed by atoms with van der Waals surface area (Å²) < 4.78 is 9.71. The highest BCUT2D eigenvalue weighted by molar-refractivity contribution is 4.81. The molecule has 0 aromatic carbocycles. The largest absolute Gasteiger partial charge is 0.388 e. The molecule has 1 aromatic heterocycles. The van der Waals surface area contributed by atoms with Crippen LogP contribution in [0.15, 0.2) is 4.52 Å². The average molecular weight is 158 g/mol. The summed E-state index contributed by atoms with van der Waals surface area (Å²) in [4.78, 5) is 3.81. The van der Waals surface area contributed by atoms with Crippen molar-refractivity contribution in [1.82, 2.24) is 10.1 Å². The Balaban J connectivity index is 2.44. The zero-order chi connectivity index (χ0) is 8.10. The summed E-state index contributed by atoms with van der Waals surface area (Å²) in [7, 11) is 0. The number of ether oxygens (including phenoxy) is 1. The number of nitrogens with zero attached hydrogens (tertiary/aromatic N) is 2. The molecule has 0 radical (unpaired) electrons. The zero-order valence-electron chi connectivity index (χ0n) is 6.28. The highest BCUT2D eigenvalue weighted by Gasteiger charge is 2.03. The number of aromatic nitrogens is 2. The molecule has 0 saturated carbocycles. The second kappa shape index (κ2) is 4.05. The summed E-state index contributed by atoms with van der Waals surface area (Å²) in [6.07, 6.45) is 0. The van der Waals surface area contributed by atoms with Crippen LogP contribution in [0.2, 0.25) is 0 Å². The van der Waals surface area contributed by atoms with Gasteiger partial charge >= 0.3 is 0 Å². The number of aliphatic hydroxyl groups excluding tert-OH is 1. The lowest BCUT2D eigenvalue weighted by Gasteiger charge is -1.91. The Morgan fingerprint density at radius 1 is 1.64 bits per heavy atom. The molecule has 0 atom stereocenters. The van der Waals surface area contributed by atoms with Gasteiger partial charge in [0.05, 0.1) is 0 Å². The minimum absolute atomic E-state index is 0.199. The van der Waals surface area contributed by atoms with E-state index in [-0.39, 0.29) is 6.61 Å². The molecule has 0 amide bonds. The lowest BCUT2D eigenvalue weighted by molar-refractivity contribution is 0.109. The third kappa shape index (κ3) is 2.28. The SMILES string of the molecule is CCOCc1nc(CO)no1. The third-order valence-corrected chi connectivity index (χ3v) is 1.08. The van der Waals surface area contributed by atoms with Crippen molar-refractivity contribution in [2.24, 2.45) is 0 Å². The highest BCUT2D eigenvalue weighted by atomic mass is 16.5. The Bertz CT molecular complexity index is 211. The first kappa shape index (κ1) is 8.16. The molecule has 11 heavy (non-hydrogen) atoms. The van der Waals surface area contributed by atoms with Crippen molar-refractivity contribution in [3.63, 3.8) is 0 Å². The van der Waals surface area contributed by atoms with Gasteiger partial charge in [-0.3, -0.25) is 0 Å². The molecule has 0 saturated heterocycles. The van der Waals surface area contributed by atoms with E-state index in [1.54, 1.807) is 0 Å². The molecule has 5 nitrogen and oxygen atoms in total. The molecular formula is C6H10N2O3. The first-order chi connectivity index (χ1) is 5.36. The van der Waals surface area contributed by atoms with Crippen molar-refractivity contribution in [2.75, 3.05) is 6.61 Å². The summed E-state index contributed by atoms with van der Waals surface area (Å²) in [6.45, 7) is 2.60. The van der Waals surface area contributed by atoms with Gasteiger partial charge in [-0.15, -0.1) is 0 Å². The zero-order valence-corrected chi connectivity index (χ0v) is 6.28. The second-order valence-corrected chi connectivity index (χ2v) is 1.90. The lowest BCUT2D eigenvalue weighted by Crippen LogP contribution is -1.92. The van der Waals surface area contributed by atoms with Gasteiger partial charge in [-0.25, -0.2) is 0 Å². The van der Waals surface area contributed by atoms with Gasteiger partial charge in [0.1, 0.15) is 13.2 Å². The number of aliphatic hydroxyl groups is 1. The summed E-state index contributed by atoms with van der Waals surface area (Å²) in [5, 5.41) is 12.0. The van der Waals surface area contributed by atoms with Crippen molar-refractivity contribution >= 4 is 0 Å². The first-order valence-electron chi connectivity index (χ1n) is 3.37. The summed E-state index contributed by atoms with van der Waals surface area (Å²) in [6, 6.07) is 0. The van der Waals surface area contributed by atoms with Crippen LogP contribution in [0.5, 0.6) is 0 Å². The van der Waals surface area contributed by atoms with Crippen LogP contribution in [0, 0.1) is 0 Å². The fourth-order valence-electron chi connectivity index (χ4n) is 0.602. The number of rotatable bonds is 4. The molecule has 5 heteroatoms. The Labute approximate surface area is 64.0 Å². The van der Waals surface area contributed by atoms with Gasteiger partial charge < -0.3 is 14.4 Å². The van der Waals surface area contributed by atoms with Gasteiger partial charge in [0, 0.05) is 6.61 Å². The second-order valence-electron chi connectivity index (χ2n) is 1.90. The van der Waals surface area contributed by atoms with Crippen molar-refractivity contribution in [3.8, 4) is 0 Å². The molecule has 62 valence electrons. The maximum absolute atomic E-state index is 8.55. The van der Waals surface area contributed by atoms with Crippen LogP contribution in [0.25, 0.3) is 0 Å². The van der Waals surface area contributed by atoms with Gasteiger partial charge in [-0.2, -0.15) is 4.98 Å². The molecule has 0 fully saturated rings. The van der Waals surface area contributed by atoms with Crippen LogP contribution in [-0.2, 0) is 18.0 Å². The maximum atomic E-state index is 8.55. The van der Waals surface area contributed by atoms with E-state index >= 15 is 0 Å². The van der Waals surface area contributed by atoms with Crippen molar-refractivity contribution in [3.05, 3.63) is 11.7 Å². The standard InChI is InChI=1S/C6H10N2O3/c1-2-10-4-6-7-5(3-9)8-11-6/h9H,2-4H2,1H3. The quantitative estimate of drug-likeness (QED) is 0.673. The van der Waals surface area contributed by atoms with E-state index in [4.69, 9.17) is 14.4 Å². The minimum atomic E-state index is -0.199. The average Bonchev–Trinajstić information content (AvgIpc) is 2.48. The molecule has 0 spiro atoms. The van der Waals surface area contributed by atoms with Crippen molar-refractivity contribution < 1.29 is 14.4 Å². The van der Waals surface area contributed by atoms with E-state index in [0.29, 0.717) is 24.9 Å².